The first-order valence-corrected chi connectivity index (χ1v) is 5.01. The van der Waals surface area contributed by atoms with Crippen LogP contribution in [0.25, 0.3) is 0 Å². The maximum atomic E-state index is 8.45. The largest absolute Gasteiger partial charge is 0.325 e. The van der Waals surface area contributed by atoms with E-state index in [-0.39, 0.29) is 0 Å². The second-order valence-electron chi connectivity index (χ2n) is 2.04. The van der Waals surface area contributed by atoms with Crippen molar-refractivity contribution >= 4 is 9.03 Å². The van der Waals surface area contributed by atoms with Crippen molar-refractivity contribution < 1.29 is 9.42 Å². The molecule has 2 nitrogen and oxygen atoms in total. The van der Waals surface area contributed by atoms with E-state index >= 15 is 0 Å². The molecule has 0 heterocycles. The molecule has 1 atom stereocenters. The van der Waals surface area contributed by atoms with Crippen LogP contribution in [0.4, 0.5) is 0 Å². The van der Waals surface area contributed by atoms with Crippen LogP contribution < -0.4 is 4.52 Å². The van der Waals surface area contributed by atoms with Gasteiger partial charge in [0.05, 0.1) is 0 Å². The van der Waals surface area contributed by atoms with Gasteiger partial charge in [0.25, 0.3) is 9.03 Å². The summed E-state index contributed by atoms with van der Waals surface area (Å²) in [4.78, 5) is 8.45. The lowest BCUT2D eigenvalue weighted by Gasteiger charge is -1.94. The van der Waals surface area contributed by atoms with Gasteiger partial charge in [-0.2, -0.15) is 0 Å². The second kappa shape index (κ2) is 7.08. The fourth-order valence-electron chi connectivity index (χ4n) is 0.678. The molecule has 0 amide bonds. The van der Waals surface area contributed by atoms with Gasteiger partial charge < -0.3 is 4.52 Å². The van der Waals surface area contributed by atoms with Crippen molar-refractivity contribution in [2.24, 2.45) is 0 Å². The van der Waals surface area contributed by atoms with Gasteiger partial charge in [-0.3, -0.25) is 0 Å². The maximum Gasteiger partial charge on any atom is 0.292 e. The Bertz CT molecular complexity index is 196. The molecule has 1 aromatic rings. The average Bonchev–Trinajstić information content (AvgIpc) is 2.13. The predicted octanol–water partition coefficient (Wildman–Crippen LogP) is 2.63. The fourth-order valence-corrected chi connectivity index (χ4v) is 0.957. The molecule has 1 N–H and O–H groups in total. The first-order chi connectivity index (χ1) is 5.83. The summed E-state index contributed by atoms with van der Waals surface area (Å²) < 4.78 is 4.90. The molecule has 1 aromatic carbocycles. The Morgan fingerprint density at radius 2 is 1.67 bits per heavy atom. The summed E-state index contributed by atoms with van der Waals surface area (Å²) in [5, 5.41) is 0. The van der Waals surface area contributed by atoms with E-state index in [2.05, 4.69) is 0 Å². The normalized spacial score (nSPS) is 9.33. The Hall–Kier alpha value is -0.590. The summed E-state index contributed by atoms with van der Waals surface area (Å²) in [5.41, 5.74) is 1.19. The molecule has 1 rings (SSSR count). The molecule has 0 aliphatic carbocycles. The van der Waals surface area contributed by atoms with Gasteiger partial charge in [-0.15, -0.1) is 0 Å². The quantitative estimate of drug-likeness (QED) is 0.721. The third-order valence-corrected chi connectivity index (χ3v) is 1.59. The monoisotopic (exact) mass is 187 g/mol. The van der Waals surface area contributed by atoms with Crippen LogP contribution in [0.15, 0.2) is 24.3 Å². The van der Waals surface area contributed by atoms with Gasteiger partial charge in [-0.05, 0) is 19.1 Å². The summed E-state index contributed by atoms with van der Waals surface area (Å²) in [6.45, 7) is 6.01. The van der Waals surface area contributed by atoms with Gasteiger partial charge in [-0.25, -0.2) is 4.89 Å². The Balaban J connectivity index is 0.000000561. The number of benzene rings is 1. The molecule has 1 unspecified atom stereocenters. The van der Waals surface area contributed by atoms with E-state index in [4.69, 9.17) is 9.42 Å². The van der Waals surface area contributed by atoms with Crippen molar-refractivity contribution in [2.75, 3.05) is 0 Å². The van der Waals surface area contributed by atoms with Crippen LogP contribution in [-0.4, -0.2) is 4.89 Å². The third kappa shape index (κ3) is 4.32. The predicted molar refractivity (Wildman–Crippen MR) is 55.1 cm³/mol. The van der Waals surface area contributed by atoms with Crippen molar-refractivity contribution in [2.45, 2.75) is 20.8 Å². The molecule has 0 aliphatic heterocycles. The highest BCUT2D eigenvalue weighted by molar-refractivity contribution is 7.25. The highest BCUT2D eigenvalue weighted by Gasteiger charge is 1.93. The van der Waals surface area contributed by atoms with Crippen LogP contribution in [0.5, 0.6) is 5.75 Å². The zero-order valence-electron chi connectivity index (χ0n) is 7.74. The Morgan fingerprint density at radius 3 is 2.08 bits per heavy atom. The zero-order chi connectivity index (χ0) is 9.40. The van der Waals surface area contributed by atoms with Crippen LogP contribution in [0, 0.1) is 6.92 Å². The van der Waals surface area contributed by atoms with Gasteiger partial charge in [0.2, 0.25) is 0 Å². The Labute approximate surface area is 75.5 Å². The minimum absolute atomic E-state index is 0.739. The van der Waals surface area contributed by atoms with Gasteiger partial charge in [0.1, 0.15) is 0 Å². The molecule has 68 valence electrons. The number of aryl methyl sites for hydroxylation is 1. The smallest absolute Gasteiger partial charge is 0.292 e. The molecule has 0 bridgehead atoms. The van der Waals surface area contributed by atoms with Crippen molar-refractivity contribution in [1.29, 1.82) is 0 Å². The standard InChI is InChI=1S/C7H10O2P.C2H6/c1-6-2-4-7(5-3-6)9-10-8;1-2/h2-5,8H,10H2,1H3;1-2H3/q+1;. The van der Waals surface area contributed by atoms with E-state index in [0.717, 1.165) is 5.75 Å². The summed E-state index contributed by atoms with van der Waals surface area (Å²) in [7, 11) is -0.882. The van der Waals surface area contributed by atoms with Crippen molar-refractivity contribution in [1.82, 2.24) is 0 Å². The maximum absolute atomic E-state index is 8.45. The van der Waals surface area contributed by atoms with Crippen molar-refractivity contribution in [3.8, 4) is 5.75 Å². The van der Waals surface area contributed by atoms with E-state index in [0.29, 0.717) is 0 Å². The molecular formula is C9H16O2P+. The lowest BCUT2D eigenvalue weighted by Crippen LogP contribution is -1.76. The van der Waals surface area contributed by atoms with Gasteiger partial charge in [0, 0.05) is 0 Å². The highest BCUT2D eigenvalue weighted by Crippen LogP contribution is 2.17. The van der Waals surface area contributed by atoms with E-state index in [9.17, 15) is 0 Å². The zero-order valence-corrected chi connectivity index (χ0v) is 8.90. The lowest BCUT2D eigenvalue weighted by molar-refractivity contribution is 0.514. The fraction of sp³-hybridized carbons (Fsp3) is 0.333. The van der Waals surface area contributed by atoms with Crippen LogP contribution in [0.1, 0.15) is 19.4 Å². The number of rotatable bonds is 2. The van der Waals surface area contributed by atoms with Gasteiger partial charge >= 0.3 is 0 Å². The molecule has 0 saturated carbocycles. The van der Waals surface area contributed by atoms with Gasteiger partial charge in [0.15, 0.2) is 5.75 Å². The van der Waals surface area contributed by atoms with Crippen LogP contribution in [0.3, 0.4) is 0 Å². The van der Waals surface area contributed by atoms with E-state index in [1.807, 2.05) is 45.0 Å². The minimum atomic E-state index is -0.882. The first kappa shape index (κ1) is 11.4. The Kier molecular flexibility index (Phi) is 6.73. The van der Waals surface area contributed by atoms with E-state index < -0.39 is 9.03 Å². The Morgan fingerprint density at radius 1 is 1.17 bits per heavy atom. The number of hydrogen-bond acceptors (Lipinski definition) is 2. The summed E-state index contributed by atoms with van der Waals surface area (Å²) >= 11 is 0. The molecule has 3 heteroatoms. The van der Waals surface area contributed by atoms with Gasteiger partial charge in [-0.1, -0.05) is 31.5 Å². The third-order valence-electron chi connectivity index (χ3n) is 1.21. The SMILES string of the molecule is CC.Cc1ccc(O[PH2+]O)cc1. The minimum Gasteiger partial charge on any atom is -0.325 e. The summed E-state index contributed by atoms with van der Waals surface area (Å²) in [5.74, 6) is 0.739. The molecule has 0 aliphatic rings. The molecule has 0 radical (unpaired) electrons. The summed E-state index contributed by atoms with van der Waals surface area (Å²) in [6.07, 6.45) is 0. The summed E-state index contributed by atoms with van der Waals surface area (Å²) in [6, 6.07) is 7.59. The molecule has 0 fully saturated rings. The first-order valence-electron chi connectivity index (χ1n) is 4.02. The topological polar surface area (TPSA) is 29.5 Å². The van der Waals surface area contributed by atoms with Crippen LogP contribution in [0.2, 0.25) is 0 Å². The van der Waals surface area contributed by atoms with Crippen molar-refractivity contribution in [3.05, 3.63) is 29.8 Å². The molecule has 12 heavy (non-hydrogen) atoms. The molecule has 0 spiro atoms. The molecule has 0 saturated heterocycles. The van der Waals surface area contributed by atoms with E-state index in [1.165, 1.54) is 5.56 Å². The van der Waals surface area contributed by atoms with Crippen LogP contribution in [-0.2, 0) is 0 Å². The lowest BCUT2D eigenvalue weighted by atomic mass is 10.2. The molecular weight excluding hydrogens is 171 g/mol. The number of hydrogen-bond donors (Lipinski definition) is 1. The molecule has 0 aromatic heterocycles. The van der Waals surface area contributed by atoms with Crippen molar-refractivity contribution in [3.63, 3.8) is 0 Å². The van der Waals surface area contributed by atoms with Crippen LogP contribution >= 0.6 is 9.03 Å². The second-order valence-corrected chi connectivity index (χ2v) is 2.48. The van der Waals surface area contributed by atoms with E-state index in [1.54, 1.807) is 0 Å². The average molecular weight is 187 g/mol. The highest BCUT2D eigenvalue weighted by atomic mass is 31.1.